The van der Waals surface area contributed by atoms with Gasteiger partial charge in [0, 0.05) is 11.6 Å². The van der Waals surface area contributed by atoms with E-state index in [1.807, 2.05) is 30.3 Å². The highest BCUT2D eigenvalue weighted by Gasteiger charge is 2.02. The largest absolute Gasteiger partial charge is 0.466 e. The molecule has 0 saturated carbocycles. The third kappa shape index (κ3) is 2.46. The Morgan fingerprint density at radius 2 is 2.00 bits per heavy atom. The smallest absolute Gasteiger partial charge is 0.330 e. The maximum absolute atomic E-state index is 11.1. The predicted octanol–water partition coefficient (Wildman–Crippen LogP) is 2.84. The summed E-state index contributed by atoms with van der Waals surface area (Å²) in [5, 5.41) is 1.87. The molecular weight excluding hydrogens is 228 g/mol. The molecule has 90 valence electrons. The van der Waals surface area contributed by atoms with Gasteiger partial charge in [-0.3, -0.25) is 4.79 Å². The SMILES string of the molecule is COC(=O)C=Cc1cc(C=O)c2ccccc2c1. The van der Waals surface area contributed by atoms with Crippen LogP contribution in [0.1, 0.15) is 15.9 Å². The van der Waals surface area contributed by atoms with Crippen molar-refractivity contribution >= 4 is 29.1 Å². The van der Waals surface area contributed by atoms with Crippen LogP contribution in [0.25, 0.3) is 16.8 Å². The van der Waals surface area contributed by atoms with Crippen molar-refractivity contribution in [1.82, 2.24) is 0 Å². The van der Waals surface area contributed by atoms with E-state index in [4.69, 9.17) is 0 Å². The number of hydrogen-bond donors (Lipinski definition) is 0. The zero-order valence-electron chi connectivity index (χ0n) is 9.92. The van der Waals surface area contributed by atoms with Crippen molar-refractivity contribution in [3.8, 4) is 0 Å². The summed E-state index contributed by atoms with van der Waals surface area (Å²) in [7, 11) is 1.32. The lowest BCUT2D eigenvalue weighted by molar-refractivity contribution is -0.134. The molecule has 2 aromatic rings. The van der Waals surface area contributed by atoms with Crippen molar-refractivity contribution < 1.29 is 14.3 Å². The second kappa shape index (κ2) is 5.27. The normalized spacial score (nSPS) is 10.7. The number of ether oxygens (including phenoxy) is 1. The average Bonchev–Trinajstić information content (AvgIpc) is 2.43. The van der Waals surface area contributed by atoms with E-state index < -0.39 is 5.97 Å². The van der Waals surface area contributed by atoms with Crippen LogP contribution in [-0.2, 0) is 9.53 Å². The lowest BCUT2D eigenvalue weighted by Crippen LogP contribution is -1.93. The number of methoxy groups -OCH3 is 1. The minimum absolute atomic E-state index is 0.421. The highest BCUT2D eigenvalue weighted by molar-refractivity contribution is 6.00. The van der Waals surface area contributed by atoms with E-state index in [-0.39, 0.29) is 0 Å². The Hall–Kier alpha value is -2.42. The Morgan fingerprint density at radius 3 is 2.72 bits per heavy atom. The third-order valence-corrected chi connectivity index (χ3v) is 2.66. The highest BCUT2D eigenvalue weighted by atomic mass is 16.5. The maximum Gasteiger partial charge on any atom is 0.330 e. The van der Waals surface area contributed by atoms with Crippen molar-refractivity contribution in [2.45, 2.75) is 0 Å². The second-order valence-corrected chi connectivity index (χ2v) is 3.81. The molecular formula is C15H12O3. The number of carbonyl (C=O) groups is 2. The highest BCUT2D eigenvalue weighted by Crippen LogP contribution is 2.20. The summed E-state index contributed by atoms with van der Waals surface area (Å²) in [6, 6.07) is 11.3. The van der Waals surface area contributed by atoms with E-state index >= 15 is 0 Å². The number of aldehydes is 1. The van der Waals surface area contributed by atoms with Gasteiger partial charge in [0.2, 0.25) is 0 Å². The molecule has 0 unspecified atom stereocenters. The van der Waals surface area contributed by atoms with Crippen LogP contribution in [0.4, 0.5) is 0 Å². The molecule has 0 amide bonds. The van der Waals surface area contributed by atoms with Crippen molar-refractivity contribution in [3.05, 3.63) is 53.6 Å². The first-order chi connectivity index (χ1) is 8.74. The standard InChI is InChI=1S/C15H12O3/c1-18-15(17)7-6-11-8-12-4-2-3-5-14(12)13(9-11)10-16/h2-10H,1H3. The summed E-state index contributed by atoms with van der Waals surface area (Å²) in [6.07, 6.45) is 3.78. The van der Waals surface area contributed by atoms with Crippen LogP contribution >= 0.6 is 0 Å². The van der Waals surface area contributed by atoms with Gasteiger partial charge < -0.3 is 4.74 Å². The number of rotatable bonds is 3. The number of benzene rings is 2. The number of hydrogen-bond acceptors (Lipinski definition) is 3. The molecule has 0 atom stereocenters. The van der Waals surface area contributed by atoms with Gasteiger partial charge in [-0.2, -0.15) is 0 Å². The minimum Gasteiger partial charge on any atom is -0.466 e. The van der Waals surface area contributed by atoms with Crippen LogP contribution < -0.4 is 0 Å². The third-order valence-electron chi connectivity index (χ3n) is 2.66. The van der Waals surface area contributed by atoms with Crippen LogP contribution in [-0.4, -0.2) is 19.4 Å². The van der Waals surface area contributed by atoms with Crippen molar-refractivity contribution in [1.29, 1.82) is 0 Å². The summed E-state index contributed by atoms with van der Waals surface area (Å²) in [4.78, 5) is 22.1. The van der Waals surface area contributed by atoms with E-state index in [9.17, 15) is 9.59 Å². The van der Waals surface area contributed by atoms with Gasteiger partial charge in [0.1, 0.15) is 0 Å². The van der Waals surface area contributed by atoms with Crippen molar-refractivity contribution in [3.63, 3.8) is 0 Å². The molecule has 0 heterocycles. The molecule has 2 rings (SSSR count). The molecule has 0 fully saturated rings. The summed E-state index contributed by atoms with van der Waals surface area (Å²) >= 11 is 0. The quantitative estimate of drug-likeness (QED) is 0.470. The summed E-state index contributed by atoms with van der Waals surface area (Å²) in [5.74, 6) is -0.421. The molecule has 18 heavy (non-hydrogen) atoms. The Bertz CT molecular complexity index is 627. The van der Waals surface area contributed by atoms with E-state index in [0.717, 1.165) is 22.6 Å². The molecule has 0 aliphatic carbocycles. The predicted molar refractivity (Wildman–Crippen MR) is 70.4 cm³/mol. The molecule has 3 heteroatoms. The van der Waals surface area contributed by atoms with Gasteiger partial charge in [0.25, 0.3) is 0 Å². The average molecular weight is 240 g/mol. The Balaban J connectivity index is 2.50. The summed E-state index contributed by atoms with van der Waals surface area (Å²) < 4.78 is 4.52. The van der Waals surface area contributed by atoms with Crippen LogP contribution in [0.15, 0.2) is 42.5 Å². The van der Waals surface area contributed by atoms with Crippen LogP contribution in [0, 0.1) is 0 Å². The van der Waals surface area contributed by atoms with Crippen LogP contribution in [0.3, 0.4) is 0 Å². The van der Waals surface area contributed by atoms with Gasteiger partial charge in [0.05, 0.1) is 7.11 Å². The van der Waals surface area contributed by atoms with Gasteiger partial charge in [-0.05, 0) is 34.5 Å². The molecule has 2 aromatic carbocycles. The second-order valence-electron chi connectivity index (χ2n) is 3.81. The number of esters is 1. The Morgan fingerprint density at radius 1 is 1.22 bits per heavy atom. The molecule has 0 saturated heterocycles. The first-order valence-electron chi connectivity index (χ1n) is 5.48. The molecule has 0 aliphatic rings. The molecule has 0 aliphatic heterocycles. The van der Waals surface area contributed by atoms with Gasteiger partial charge >= 0.3 is 5.97 Å². The molecule has 0 spiro atoms. The fourth-order valence-electron chi connectivity index (χ4n) is 1.79. The molecule has 0 bridgehead atoms. The summed E-state index contributed by atoms with van der Waals surface area (Å²) in [5.41, 5.74) is 1.40. The molecule has 3 nitrogen and oxygen atoms in total. The zero-order valence-corrected chi connectivity index (χ0v) is 9.92. The maximum atomic E-state index is 11.1. The van der Waals surface area contributed by atoms with E-state index in [0.29, 0.717) is 5.56 Å². The van der Waals surface area contributed by atoms with Gasteiger partial charge in [0.15, 0.2) is 6.29 Å². The lowest BCUT2D eigenvalue weighted by atomic mass is 10.0. The topological polar surface area (TPSA) is 43.4 Å². The van der Waals surface area contributed by atoms with Gasteiger partial charge in [-0.25, -0.2) is 4.79 Å². The lowest BCUT2D eigenvalue weighted by Gasteiger charge is -2.03. The Labute approximate surface area is 105 Å². The number of fused-ring (bicyclic) bond motifs is 1. The van der Waals surface area contributed by atoms with Crippen molar-refractivity contribution in [2.75, 3.05) is 7.11 Å². The van der Waals surface area contributed by atoms with E-state index in [2.05, 4.69) is 4.74 Å². The minimum atomic E-state index is -0.421. The molecule has 0 radical (unpaired) electrons. The van der Waals surface area contributed by atoms with Crippen LogP contribution in [0.2, 0.25) is 0 Å². The molecule has 0 N–H and O–H groups in total. The first-order valence-corrected chi connectivity index (χ1v) is 5.48. The summed E-state index contributed by atoms with van der Waals surface area (Å²) in [6.45, 7) is 0. The first kappa shape index (κ1) is 12.0. The monoisotopic (exact) mass is 240 g/mol. The van der Waals surface area contributed by atoms with E-state index in [1.165, 1.54) is 13.2 Å². The fraction of sp³-hybridized carbons (Fsp3) is 0.0667. The van der Waals surface area contributed by atoms with Crippen molar-refractivity contribution in [2.24, 2.45) is 0 Å². The van der Waals surface area contributed by atoms with Gasteiger partial charge in [-0.1, -0.05) is 24.3 Å². The number of carbonyl (C=O) groups excluding carboxylic acids is 2. The van der Waals surface area contributed by atoms with E-state index in [1.54, 1.807) is 12.1 Å². The Kier molecular flexibility index (Phi) is 3.53. The fourth-order valence-corrected chi connectivity index (χ4v) is 1.79. The zero-order chi connectivity index (χ0) is 13.0. The van der Waals surface area contributed by atoms with Gasteiger partial charge in [-0.15, -0.1) is 0 Å². The molecule has 0 aromatic heterocycles. The van der Waals surface area contributed by atoms with Crippen LogP contribution in [0.5, 0.6) is 0 Å².